The van der Waals surface area contributed by atoms with Crippen LogP contribution in [-0.4, -0.2) is 69.0 Å². The van der Waals surface area contributed by atoms with Gasteiger partial charge in [-0.1, -0.05) is 11.6 Å². The molecule has 0 aliphatic carbocycles. The second-order valence-electron chi connectivity index (χ2n) is 5.71. The molecule has 0 radical (unpaired) electrons. The summed E-state index contributed by atoms with van der Waals surface area (Å²) >= 11 is 6.10. The minimum Gasteiger partial charge on any atom is -0.384 e. The molecule has 1 aliphatic heterocycles. The van der Waals surface area contributed by atoms with Gasteiger partial charge >= 0.3 is 0 Å². The van der Waals surface area contributed by atoms with E-state index < -0.39 is 0 Å². The molecule has 1 fully saturated rings. The molecular weight excluding hydrogens is 286 g/mol. The monoisotopic (exact) mass is 309 g/mol. The summed E-state index contributed by atoms with van der Waals surface area (Å²) in [6.45, 7) is 6.10. The predicted octanol–water partition coefficient (Wildman–Crippen LogP) is 1.31. The standard InChI is InChI=1S/C15H24ClN5/c1-19(2)5-6-20-7-9-21(10-8-20)14-11-12(16)3-4-13(14)15(17)18/h3-4,11H,5-10H2,1-2H3,(H3,17,18). The number of benzene rings is 1. The minimum absolute atomic E-state index is 0.0942. The van der Waals surface area contributed by atoms with E-state index in [9.17, 15) is 0 Å². The molecule has 21 heavy (non-hydrogen) atoms. The van der Waals surface area contributed by atoms with Gasteiger partial charge in [0, 0.05) is 55.5 Å². The lowest BCUT2D eigenvalue weighted by Gasteiger charge is -2.37. The molecule has 1 heterocycles. The Bertz CT molecular complexity index is 495. The topological polar surface area (TPSA) is 59.6 Å². The lowest BCUT2D eigenvalue weighted by atomic mass is 10.1. The predicted molar refractivity (Wildman–Crippen MR) is 89.7 cm³/mol. The third kappa shape index (κ3) is 4.33. The summed E-state index contributed by atoms with van der Waals surface area (Å²) in [5.41, 5.74) is 7.42. The highest BCUT2D eigenvalue weighted by Crippen LogP contribution is 2.25. The maximum absolute atomic E-state index is 7.71. The molecule has 0 bridgehead atoms. The highest BCUT2D eigenvalue weighted by molar-refractivity contribution is 6.31. The number of nitrogens with one attached hydrogen (secondary N) is 1. The minimum atomic E-state index is 0.0942. The van der Waals surface area contributed by atoms with Crippen LogP contribution >= 0.6 is 11.6 Å². The molecule has 0 atom stereocenters. The Kier molecular flexibility index (Phi) is 5.45. The molecule has 3 N–H and O–H groups in total. The highest BCUT2D eigenvalue weighted by atomic mass is 35.5. The summed E-state index contributed by atoms with van der Waals surface area (Å²) < 4.78 is 0. The molecule has 0 unspecified atom stereocenters. The number of amidine groups is 1. The smallest absolute Gasteiger partial charge is 0.124 e. The SMILES string of the molecule is CN(C)CCN1CCN(c2cc(Cl)ccc2C(=N)N)CC1. The van der Waals surface area contributed by atoms with Crippen LogP contribution in [0, 0.1) is 5.41 Å². The number of piperazine rings is 1. The fourth-order valence-electron chi connectivity index (χ4n) is 2.55. The van der Waals surface area contributed by atoms with Crippen LogP contribution in [0.3, 0.4) is 0 Å². The molecule has 116 valence electrons. The van der Waals surface area contributed by atoms with Crippen molar-refractivity contribution in [3.63, 3.8) is 0 Å². The number of likely N-dealkylation sites (N-methyl/N-ethyl adjacent to an activating group) is 1. The first-order valence-corrected chi connectivity index (χ1v) is 7.61. The lowest BCUT2D eigenvalue weighted by Crippen LogP contribution is -2.48. The van der Waals surface area contributed by atoms with Crippen molar-refractivity contribution < 1.29 is 0 Å². The van der Waals surface area contributed by atoms with Crippen molar-refractivity contribution in [2.45, 2.75) is 0 Å². The van der Waals surface area contributed by atoms with Crippen molar-refractivity contribution in [3.8, 4) is 0 Å². The molecule has 0 spiro atoms. The zero-order chi connectivity index (χ0) is 15.4. The number of rotatable bonds is 5. The van der Waals surface area contributed by atoms with E-state index in [0.29, 0.717) is 5.02 Å². The Morgan fingerprint density at radius 2 is 1.95 bits per heavy atom. The summed E-state index contributed by atoms with van der Waals surface area (Å²) in [7, 11) is 4.20. The average molecular weight is 310 g/mol. The quantitative estimate of drug-likeness (QED) is 0.636. The molecule has 1 saturated heterocycles. The molecule has 1 aromatic carbocycles. The fraction of sp³-hybridized carbons (Fsp3) is 0.533. The summed E-state index contributed by atoms with van der Waals surface area (Å²) in [4.78, 5) is 6.94. The Hall–Kier alpha value is -1.30. The second kappa shape index (κ2) is 7.11. The largest absolute Gasteiger partial charge is 0.384 e. The first-order valence-electron chi connectivity index (χ1n) is 7.23. The van der Waals surface area contributed by atoms with E-state index >= 15 is 0 Å². The van der Waals surface area contributed by atoms with Gasteiger partial charge in [-0.3, -0.25) is 10.3 Å². The third-order valence-corrected chi connectivity index (χ3v) is 4.06. The van der Waals surface area contributed by atoms with Gasteiger partial charge < -0.3 is 15.5 Å². The van der Waals surface area contributed by atoms with Crippen molar-refractivity contribution in [2.24, 2.45) is 5.73 Å². The normalized spacial score (nSPS) is 16.5. The van der Waals surface area contributed by atoms with E-state index in [4.69, 9.17) is 22.7 Å². The van der Waals surface area contributed by atoms with Crippen molar-refractivity contribution in [1.82, 2.24) is 9.80 Å². The Balaban J connectivity index is 2.02. The van der Waals surface area contributed by atoms with Crippen LogP contribution in [0.25, 0.3) is 0 Å². The summed E-state index contributed by atoms with van der Waals surface area (Å²) in [6.07, 6.45) is 0. The van der Waals surface area contributed by atoms with Crippen LogP contribution in [0.15, 0.2) is 18.2 Å². The molecule has 1 aromatic rings. The van der Waals surface area contributed by atoms with Crippen LogP contribution in [-0.2, 0) is 0 Å². The van der Waals surface area contributed by atoms with Gasteiger partial charge in [0.15, 0.2) is 0 Å². The van der Waals surface area contributed by atoms with E-state index in [1.165, 1.54) is 0 Å². The zero-order valence-corrected chi connectivity index (χ0v) is 13.5. The van der Waals surface area contributed by atoms with Crippen molar-refractivity contribution >= 4 is 23.1 Å². The molecule has 0 aromatic heterocycles. The maximum atomic E-state index is 7.71. The van der Waals surface area contributed by atoms with Gasteiger partial charge in [0.05, 0.1) is 0 Å². The van der Waals surface area contributed by atoms with Gasteiger partial charge in [0.1, 0.15) is 5.84 Å². The number of anilines is 1. The number of halogens is 1. The van der Waals surface area contributed by atoms with Crippen molar-refractivity contribution in [3.05, 3.63) is 28.8 Å². The van der Waals surface area contributed by atoms with E-state index in [1.807, 2.05) is 12.1 Å². The number of nitrogens with zero attached hydrogens (tertiary/aromatic N) is 3. The zero-order valence-electron chi connectivity index (χ0n) is 12.8. The van der Waals surface area contributed by atoms with Crippen LogP contribution < -0.4 is 10.6 Å². The van der Waals surface area contributed by atoms with Crippen LogP contribution in [0.2, 0.25) is 5.02 Å². The molecule has 0 saturated carbocycles. The Morgan fingerprint density at radius 1 is 1.29 bits per heavy atom. The van der Waals surface area contributed by atoms with Gasteiger partial charge in [0.25, 0.3) is 0 Å². The third-order valence-electron chi connectivity index (χ3n) is 3.83. The van der Waals surface area contributed by atoms with Crippen LogP contribution in [0.1, 0.15) is 5.56 Å². The lowest BCUT2D eigenvalue weighted by molar-refractivity contribution is 0.229. The van der Waals surface area contributed by atoms with Crippen molar-refractivity contribution in [2.75, 3.05) is 58.3 Å². The molecule has 5 nitrogen and oxygen atoms in total. The molecular formula is C15H24ClN5. The van der Waals surface area contributed by atoms with E-state index in [2.05, 4.69) is 28.8 Å². The van der Waals surface area contributed by atoms with E-state index in [1.54, 1.807) is 6.07 Å². The van der Waals surface area contributed by atoms with Crippen LogP contribution in [0.4, 0.5) is 5.69 Å². The highest BCUT2D eigenvalue weighted by Gasteiger charge is 2.20. The fourth-order valence-corrected chi connectivity index (χ4v) is 2.71. The Labute approximate surface area is 131 Å². The van der Waals surface area contributed by atoms with E-state index in [-0.39, 0.29) is 5.84 Å². The van der Waals surface area contributed by atoms with Crippen LogP contribution in [0.5, 0.6) is 0 Å². The first-order chi connectivity index (χ1) is 9.97. The maximum Gasteiger partial charge on any atom is 0.124 e. The first kappa shape index (κ1) is 16.1. The van der Waals surface area contributed by atoms with Gasteiger partial charge in [-0.05, 0) is 32.3 Å². The number of hydrogen-bond donors (Lipinski definition) is 2. The average Bonchev–Trinajstić information content (AvgIpc) is 2.45. The van der Waals surface area contributed by atoms with Gasteiger partial charge in [0.2, 0.25) is 0 Å². The summed E-state index contributed by atoms with van der Waals surface area (Å²) in [5, 5.41) is 8.40. The number of nitrogen functional groups attached to an aromatic ring is 1. The van der Waals surface area contributed by atoms with Gasteiger partial charge in [-0.15, -0.1) is 0 Å². The molecule has 0 amide bonds. The Morgan fingerprint density at radius 3 is 2.52 bits per heavy atom. The summed E-state index contributed by atoms with van der Waals surface area (Å²) in [5.74, 6) is 0.0942. The molecule has 1 aliphatic rings. The summed E-state index contributed by atoms with van der Waals surface area (Å²) in [6, 6.07) is 5.53. The van der Waals surface area contributed by atoms with Gasteiger partial charge in [-0.2, -0.15) is 0 Å². The second-order valence-corrected chi connectivity index (χ2v) is 6.14. The van der Waals surface area contributed by atoms with Crippen molar-refractivity contribution in [1.29, 1.82) is 5.41 Å². The number of hydrogen-bond acceptors (Lipinski definition) is 4. The number of nitrogens with two attached hydrogens (primary N) is 1. The van der Waals surface area contributed by atoms with E-state index in [0.717, 1.165) is 50.5 Å². The molecule has 6 heteroatoms. The van der Waals surface area contributed by atoms with Gasteiger partial charge in [-0.25, -0.2) is 0 Å². The molecule has 2 rings (SSSR count).